The number of nitrogens with zero attached hydrogens (tertiary/aromatic N) is 2. The SMILES string of the molecule is O=C(N1CCOCC1)N1CCC(S(=O)c2ccc(F)cc2)C1.OC(c1ccccc1)(C(F)(F)F)C(F)(F)F. The summed E-state index contributed by atoms with van der Waals surface area (Å²) in [6.45, 7) is 3.48. The van der Waals surface area contributed by atoms with Crippen molar-refractivity contribution < 1.29 is 49.6 Å². The number of carbonyl (C=O) groups is 1. The van der Waals surface area contributed by atoms with E-state index in [0.29, 0.717) is 62.8 Å². The molecule has 2 atom stereocenters. The van der Waals surface area contributed by atoms with Crippen LogP contribution in [-0.4, -0.2) is 82.1 Å². The van der Waals surface area contributed by atoms with Gasteiger partial charge in [0.15, 0.2) is 0 Å². The molecule has 0 aromatic heterocycles. The third-order valence-electron chi connectivity index (χ3n) is 6.06. The van der Waals surface area contributed by atoms with Crippen LogP contribution in [0.4, 0.5) is 35.5 Å². The van der Waals surface area contributed by atoms with Crippen LogP contribution in [0.15, 0.2) is 59.5 Å². The molecule has 0 aliphatic carbocycles. The first kappa shape index (κ1) is 29.8. The molecule has 0 saturated carbocycles. The highest BCUT2D eigenvalue weighted by Gasteiger charge is 2.71. The molecule has 6 nitrogen and oxygen atoms in total. The molecule has 14 heteroatoms. The Hall–Kier alpha value is -2.71. The molecule has 2 heterocycles. The van der Waals surface area contributed by atoms with Gasteiger partial charge in [-0.25, -0.2) is 9.18 Å². The number of rotatable bonds is 3. The molecule has 0 spiro atoms. The van der Waals surface area contributed by atoms with Crippen molar-refractivity contribution in [3.8, 4) is 0 Å². The van der Waals surface area contributed by atoms with Gasteiger partial charge in [-0.2, -0.15) is 26.3 Å². The van der Waals surface area contributed by atoms with Crippen LogP contribution >= 0.6 is 0 Å². The summed E-state index contributed by atoms with van der Waals surface area (Å²) in [4.78, 5) is 16.6. The lowest BCUT2D eigenvalue weighted by Crippen LogP contribution is -2.53. The summed E-state index contributed by atoms with van der Waals surface area (Å²) < 4.78 is 105. The second kappa shape index (κ2) is 12.0. The topological polar surface area (TPSA) is 70.1 Å². The number of ether oxygens (including phenoxy) is 1. The Morgan fingerprint density at radius 3 is 1.95 bits per heavy atom. The Balaban J connectivity index is 0.000000223. The highest BCUT2D eigenvalue weighted by atomic mass is 32.2. The van der Waals surface area contributed by atoms with Crippen LogP contribution in [0, 0.1) is 5.82 Å². The first-order chi connectivity index (χ1) is 17.8. The highest BCUT2D eigenvalue weighted by molar-refractivity contribution is 7.85. The second-order valence-corrected chi connectivity index (χ2v) is 10.3. The molecular formula is C24H25F7N2O4S. The summed E-state index contributed by atoms with van der Waals surface area (Å²) in [6, 6.07) is 10.1. The molecule has 2 unspecified atom stereocenters. The van der Waals surface area contributed by atoms with E-state index in [2.05, 4.69) is 0 Å². The summed E-state index contributed by atoms with van der Waals surface area (Å²) in [5.74, 6) is -0.337. The number of urea groups is 1. The lowest BCUT2D eigenvalue weighted by atomic mass is 9.92. The van der Waals surface area contributed by atoms with Crippen LogP contribution in [-0.2, 0) is 21.1 Å². The Morgan fingerprint density at radius 1 is 0.868 bits per heavy atom. The first-order valence-corrected chi connectivity index (χ1v) is 12.7. The zero-order valence-electron chi connectivity index (χ0n) is 19.8. The minimum absolute atomic E-state index is 0.00176. The Kier molecular flexibility index (Phi) is 9.42. The molecular weight excluding hydrogens is 545 g/mol. The quantitative estimate of drug-likeness (QED) is 0.554. The number of halogens is 7. The van der Waals surface area contributed by atoms with Crippen molar-refractivity contribution in [2.24, 2.45) is 0 Å². The minimum Gasteiger partial charge on any atom is -0.378 e. The third kappa shape index (κ3) is 6.64. The molecule has 2 aliphatic heterocycles. The monoisotopic (exact) mass is 570 g/mol. The Morgan fingerprint density at radius 2 is 1.42 bits per heavy atom. The number of benzene rings is 2. The zero-order chi connectivity index (χ0) is 28.1. The Bertz CT molecular complexity index is 1080. The van der Waals surface area contributed by atoms with E-state index in [1.54, 1.807) is 21.9 Å². The average molecular weight is 571 g/mol. The van der Waals surface area contributed by atoms with Crippen molar-refractivity contribution in [3.05, 3.63) is 66.0 Å². The number of alkyl halides is 6. The second-order valence-electron chi connectivity index (χ2n) is 8.56. The van der Waals surface area contributed by atoms with E-state index < -0.39 is 34.3 Å². The van der Waals surface area contributed by atoms with E-state index in [1.807, 2.05) is 0 Å². The largest absolute Gasteiger partial charge is 0.430 e. The average Bonchev–Trinajstić information content (AvgIpc) is 3.38. The highest BCUT2D eigenvalue weighted by Crippen LogP contribution is 2.49. The summed E-state index contributed by atoms with van der Waals surface area (Å²) in [6.07, 6.45) is -10.9. The molecule has 2 amide bonds. The predicted octanol–water partition coefficient (Wildman–Crippen LogP) is 4.46. The lowest BCUT2D eigenvalue weighted by Gasteiger charge is -2.32. The predicted molar refractivity (Wildman–Crippen MR) is 123 cm³/mol. The maximum Gasteiger partial charge on any atom is 0.430 e. The number of aliphatic hydroxyl groups is 1. The molecule has 210 valence electrons. The molecule has 2 saturated heterocycles. The van der Waals surface area contributed by atoms with Gasteiger partial charge in [-0.1, -0.05) is 30.3 Å². The van der Waals surface area contributed by atoms with Crippen LogP contribution in [0.1, 0.15) is 12.0 Å². The van der Waals surface area contributed by atoms with E-state index in [-0.39, 0.29) is 17.1 Å². The van der Waals surface area contributed by atoms with Crippen LogP contribution in [0.25, 0.3) is 0 Å². The molecule has 0 radical (unpaired) electrons. The van der Waals surface area contributed by atoms with Crippen molar-refractivity contribution in [1.29, 1.82) is 0 Å². The molecule has 0 bridgehead atoms. The molecule has 1 N–H and O–H groups in total. The summed E-state index contributed by atoms with van der Waals surface area (Å²) in [5, 5.41) is 8.82. The molecule has 4 rings (SSSR count). The van der Waals surface area contributed by atoms with Gasteiger partial charge in [0.2, 0.25) is 0 Å². The van der Waals surface area contributed by atoms with E-state index in [1.165, 1.54) is 18.2 Å². The van der Waals surface area contributed by atoms with E-state index in [9.17, 15) is 39.7 Å². The number of morpholine rings is 1. The van der Waals surface area contributed by atoms with Gasteiger partial charge in [-0.15, -0.1) is 0 Å². The van der Waals surface area contributed by atoms with Crippen molar-refractivity contribution >= 4 is 16.8 Å². The number of carbonyl (C=O) groups excluding carboxylic acids is 1. The maximum atomic E-state index is 12.9. The van der Waals surface area contributed by atoms with Gasteiger partial charge in [-0.3, -0.25) is 4.21 Å². The standard InChI is InChI=1S/C15H19FN2O3S.C9H6F6O/c16-12-1-3-13(4-2-12)22(20)14-5-6-18(11-14)15(19)17-7-9-21-10-8-17;10-8(11,12)7(16,9(13,14)15)6-4-2-1-3-5-6/h1-4,14H,5-11H2;1-5,16H. The van der Waals surface area contributed by atoms with Gasteiger partial charge in [0.05, 0.1) is 29.3 Å². The molecule has 2 aliphatic rings. The Labute approximate surface area is 216 Å². The number of hydrogen-bond donors (Lipinski definition) is 1. The van der Waals surface area contributed by atoms with Crippen molar-refractivity contribution in [1.82, 2.24) is 9.80 Å². The van der Waals surface area contributed by atoms with Crippen molar-refractivity contribution in [2.45, 2.75) is 34.5 Å². The summed E-state index contributed by atoms with van der Waals surface area (Å²) in [5.41, 5.74) is -6.09. The van der Waals surface area contributed by atoms with Gasteiger partial charge in [0, 0.05) is 36.6 Å². The molecule has 2 aromatic carbocycles. The van der Waals surface area contributed by atoms with Gasteiger partial charge in [0.25, 0.3) is 5.60 Å². The number of amides is 2. The third-order valence-corrected chi connectivity index (χ3v) is 7.78. The van der Waals surface area contributed by atoms with Gasteiger partial charge in [0.1, 0.15) is 5.82 Å². The van der Waals surface area contributed by atoms with Gasteiger partial charge < -0.3 is 19.6 Å². The molecule has 2 fully saturated rings. The first-order valence-electron chi connectivity index (χ1n) is 11.4. The fraction of sp³-hybridized carbons (Fsp3) is 0.458. The van der Waals surface area contributed by atoms with Gasteiger partial charge >= 0.3 is 18.4 Å². The van der Waals surface area contributed by atoms with Crippen LogP contribution in [0.2, 0.25) is 0 Å². The van der Waals surface area contributed by atoms with E-state index in [4.69, 9.17) is 9.84 Å². The van der Waals surface area contributed by atoms with Crippen molar-refractivity contribution in [3.63, 3.8) is 0 Å². The fourth-order valence-electron chi connectivity index (χ4n) is 3.96. The summed E-state index contributed by atoms with van der Waals surface area (Å²) >= 11 is 0. The maximum absolute atomic E-state index is 12.9. The zero-order valence-corrected chi connectivity index (χ0v) is 20.7. The number of hydrogen-bond acceptors (Lipinski definition) is 4. The van der Waals surface area contributed by atoms with E-state index >= 15 is 0 Å². The van der Waals surface area contributed by atoms with Crippen LogP contribution in [0.5, 0.6) is 0 Å². The van der Waals surface area contributed by atoms with Crippen molar-refractivity contribution in [2.75, 3.05) is 39.4 Å². The van der Waals surface area contributed by atoms with Crippen LogP contribution < -0.4 is 0 Å². The summed E-state index contributed by atoms with van der Waals surface area (Å²) in [7, 11) is -1.21. The van der Waals surface area contributed by atoms with Gasteiger partial charge in [-0.05, 0) is 30.7 Å². The number of likely N-dealkylation sites (tertiary alicyclic amines) is 1. The fourth-order valence-corrected chi connectivity index (χ4v) is 5.38. The normalized spacial score (nSPS) is 19.5. The van der Waals surface area contributed by atoms with Crippen LogP contribution in [0.3, 0.4) is 0 Å². The minimum atomic E-state index is -5.83. The van der Waals surface area contributed by atoms with E-state index in [0.717, 1.165) is 12.1 Å². The molecule has 2 aromatic rings. The molecule has 38 heavy (non-hydrogen) atoms. The lowest BCUT2D eigenvalue weighted by molar-refractivity contribution is -0.376. The smallest absolute Gasteiger partial charge is 0.378 e.